The van der Waals surface area contributed by atoms with Crippen LogP contribution in [-0.4, -0.2) is 5.54 Å². The van der Waals surface area contributed by atoms with E-state index < -0.39 is 0 Å². The minimum Gasteiger partial charge on any atom is -0.385 e. The molecule has 0 heterocycles. The monoisotopic (exact) mass is 259 g/mol. The SMILES string of the molecule is C=CCC1(NC=C)CC1(CC)[C@H](/C=C\C=C/C)CC. The van der Waals surface area contributed by atoms with Gasteiger partial charge in [0.05, 0.1) is 0 Å². The van der Waals surface area contributed by atoms with Gasteiger partial charge in [-0.15, -0.1) is 6.58 Å². The second-order valence-electron chi connectivity index (χ2n) is 5.54. The van der Waals surface area contributed by atoms with E-state index in [9.17, 15) is 0 Å². The van der Waals surface area contributed by atoms with Crippen LogP contribution >= 0.6 is 0 Å². The first-order valence-corrected chi connectivity index (χ1v) is 7.45. The molecule has 1 fully saturated rings. The molecular weight excluding hydrogens is 230 g/mol. The maximum atomic E-state index is 3.93. The third kappa shape index (κ3) is 2.86. The van der Waals surface area contributed by atoms with Crippen molar-refractivity contribution in [3.63, 3.8) is 0 Å². The lowest BCUT2D eigenvalue weighted by Crippen LogP contribution is -2.36. The molecule has 0 aromatic rings. The normalized spacial score (nSPS) is 31.5. The van der Waals surface area contributed by atoms with Gasteiger partial charge in [0.25, 0.3) is 0 Å². The van der Waals surface area contributed by atoms with Crippen molar-refractivity contribution in [2.45, 2.75) is 52.0 Å². The van der Waals surface area contributed by atoms with E-state index in [2.05, 4.69) is 63.5 Å². The van der Waals surface area contributed by atoms with Gasteiger partial charge >= 0.3 is 0 Å². The molecule has 0 amide bonds. The zero-order valence-corrected chi connectivity index (χ0v) is 12.8. The second-order valence-corrected chi connectivity index (χ2v) is 5.54. The van der Waals surface area contributed by atoms with Crippen molar-refractivity contribution in [2.24, 2.45) is 11.3 Å². The van der Waals surface area contributed by atoms with E-state index in [-0.39, 0.29) is 5.54 Å². The largest absolute Gasteiger partial charge is 0.385 e. The van der Waals surface area contributed by atoms with E-state index in [1.54, 1.807) is 0 Å². The van der Waals surface area contributed by atoms with Crippen molar-refractivity contribution >= 4 is 0 Å². The van der Waals surface area contributed by atoms with E-state index in [0.29, 0.717) is 11.3 Å². The van der Waals surface area contributed by atoms with Crippen LogP contribution in [0.4, 0.5) is 0 Å². The second kappa shape index (κ2) is 6.79. The zero-order chi connectivity index (χ0) is 14.4. The minimum absolute atomic E-state index is 0.173. The molecule has 0 spiro atoms. The van der Waals surface area contributed by atoms with Crippen molar-refractivity contribution in [3.05, 3.63) is 49.7 Å². The van der Waals surface area contributed by atoms with Gasteiger partial charge in [0.1, 0.15) is 0 Å². The predicted octanol–water partition coefficient (Wildman–Crippen LogP) is 4.99. The Bertz CT molecular complexity index is 354. The highest BCUT2D eigenvalue weighted by Crippen LogP contribution is 2.66. The van der Waals surface area contributed by atoms with Gasteiger partial charge in [0, 0.05) is 11.0 Å². The molecule has 0 aromatic heterocycles. The minimum atomic E-state index is 0.173. The fraction of sp³-hybridized carbons (Fsp3) is 0.556. The summed E-state index contributed by atoms with van der Waals surface area (Å²) in [5.41, 5.74) is 0.522. The van der Waals surface area contributed by atoms with Crippen LogP contribution in [0.2, 0.25) is 0 Å². The Morgan fingerprint density at radius 2 is 2.00 bits per heavy atom. The topological polar surface area (TPSA) is 12.0 Å². The molecule has 1 heteroatoms. The summed E-state index contributed by atoms with van der Waals surface area (Å²) in [6.45, 7) is 14.4. The van der Waals surface area contributed by atoms with Gasteiger partial charge in [0.2, 0.25) is 0 Å². The van der Waals surface area contributed by atoms with Crippen LogP contribution in [-0.2, 0) is 0 Å². The average molecular weight is 259 g/mol. The summed E-state index contributed by atoms with van der Waals surface area (Å²) in [5, 5.41) is 3.52. The first kappa shape index (κ1) is 15.8. The molecule has 0 saturated heterocycles. The number of hydrogen-bond donors (Lipinski definition) is 1. The molecule has 0 radical (unpaired) electrons. The molecule has 1 N–H and O–H groups in total. The molecule has 1 aliphatic rings. The number of allylic oxidation sites excluding steroid dienone is 4. The number of rotatable bonds is 9. The Labute approximate surface area is 119 Å². The molecule has 0 bridgehead atoms. The average Bonchev–Trinajstić information content (AvgIpc) is 3.04. The van der Waals surface area contributed by atoms with Crippen LogP contribution in [0, 0.1) is 11.3 Å². The van der Waals surface area contributed by atoms with Crippen LogP contribution in [0.3, 0.4) is 0 Å². The van der Waals surface area contributed by atoms with E-state index in [1.165, 1.54) is 19.3 Å². The van der Waals surface area contributed by atoms with Crippen LogP contribution in [0.15, 0.2) is 49.7 Å². The molecule has 1 rings (SSSR count). The summed E-state index contributed by atoms with van der Waals surface area (Å²) in [6, 6.07) is 0. The number of hydrogen-bond acceptors (Lipinski definition) is 1. The summed E-state index contributed by atoms with van der Waals surface area (Å²) >= 11 is 0. The Balaban J connectivity index is 2.97. The highest BCUT2D eigenvalue weighted by atomic mass is 15.1. The highest BCUT2D eigenvalue weighted by molar-refractivity contribution is 5.28. The lowest BCUT2D eigenvalue weighted by Gasteiger charge is -2.30. The van der Waals surface area contributed by atoms with E-state index in [1.807, 2.05) is 12.3 Å². The van der Waals surface area contributed by atoms with Gasteiger partial charge in [-0.3, -0.25) is 0 Å². The standard InChI is InChI=1S/C18H29N/c1-6-11-12-13-16(8-3)17(9-4)15-18(17,14-7-2)19-10-5/h6-7,10-13,16,19H,2,5,8-9,14-15H2,1,3-4H3/b11-6-,13-12-/t16-,17?,18?/m0/s1. The molecule has 2 unspecified atom stereocenters. The molecule has 106 valence electrons. The molecule has 1 saturated carbocycles. The van der Waals surface area contributed by atoms with E-state index in [4.69, 9.17) is 0 Å². The molecule has 1 nitrogen and oxygen atoms in total. The van der Waals surface area contributed by atoms with Crippen LogP contribution in [0.1, 0.15) is 46.5 Å². The first-order chi connectivity index (χ1) is 9.16. The van der Waals surface area contributed by atoms with Gasteiger partial charge in [-0.05, 0) is 44.7 Å². The summed E-state index contributed by atoms with van der Waals surface area (Å²) in [5.74, 6) is 0.612. The molecule has 0 aliphatic heterocycles. The smallest absolute Gasteiger partial charge is 0.0471 e. The Kier molecular flexibility index (Phi) is 5.65. The summed E-state index contributed by atoms with van der Waals surface area (Å²) in [6.07, 6.45) is 17.3. The molecule has 3 atom stereocenters. The lowest BCUT2D eigenvalue weighted by molar-refractivity contribution is 0.276. The van der Waals surface area contributed by atoms with Crippen molar-refractivity contribution in [2.75, 3.05) is 0 Å². The number of nitrogens with one attached hydrogen (secondary N) is 1. The van der Waals surface area contributed by atoms with E-state index in [0.717, 1.165) is 6.42 Å². The van der Waals surface area contributed by atoms with Crippen LogP contribution in [0.25, 0.3) is 0 Å². The van der Waals surface area contributed by atoms with Crippen molar-refractivity contribution in [1.82, 2.24) is 5.32 Å². The summed E-state index contributed by atoms with van der Waals surface area (Å²) in [7, 11) is 0. The van der Waals surface area contributed by atoms with Gasteiger partial charge in [0.15, 0.2) is 0 Å². The zero-order valence-electron chi connectivity index (χ0n) is 12.8. The quantitative estimate of drug-likeness (QED) is 0.454. The van der Waals surface area contributed by atoms with Crippen molar-refractivity contribution < 1.29 is 0 Å². The molecule has 0 aromatic carbocycles. The van der Waals surface area contributed by atoms with Gasteiger partial charge < -0.3 is 5.32 Å². The molecule has 1 aliphatic carbocycles. The van der Waals surface area contributed by atoms with Crippen molar-refractivity contribution in [3.8, 4) is 0 Å². The molecule has 19 heavy (non-hydrogen) atoms. The first-order valence-electron chi connectivity index (χ1n) is 7.45. The van der Waals surface area contributed by atoms with Crippen molar-refractivity contribution in [1.29, 1.82) is 0 Å². The van der Waals surface area contributed by atoms with E-state index >= 15 is 0 Å². The summed E-state index contributed by atoms with van der Waals surface area (Å²) < 4.78 is 0. The Morgan fingerprint density at radius 3 is 2.47 bits per heavy atom. The third-order valence-corrected chi connectivity index (χ3v) is 4.74. The van der Waals surface area contributed by atoms with Gasteiger partial charge in [-0.25, -0.2) is 0 Å². The van der Waals surface area contributed by atoms with Crippen LogP contribution in [0.5, 0.6) is 0 Å². The van der Waals surface area contributed by atoms with Gasteiger partial charge in [-0.2, -0.15) is 0 Å². The maximum absolute atomic E-state index is 3.93. The molecular formula is C18H29N. The predicted molar refractivity (Wildman–Crippen MR) is 86.0 cm³/mol. The lowest BCUT2D eigenvalue weighted by atomic mass is 9.79. The van der Waals surface area contributed by atoms with Gasteiger partial charge in [-0.1, -0.05) is 50.8 Å². The highest BCUT2D eigenvalue weighted by Gasteiger charge is 2.67. The third-order valence-electron chi connectivity index (χ3n) is 4.74. The van der Waals surface area contributed by atoms with Crippen LogP contribution < -0.4 is 5.32 Å². The Hall–Kier alpha value is -1.24. The summed E-state index contributed by atoms with van der Waals surface area (Å²) in [4.78, 5) is 0. The fourth-order valence-corrected chi connectivity index (χ4v) is 3.70. The fourth-order valence-electron chi connectivity index (χ4n) is 3.70. The maximum Gasteiger partial charge on any atom is 0.0471 e. The Morgan fingerprint density at radius 1 is 1.26 bits per heavy atom.